The van der Waals surface area contributed by atoms with Gasteiger partial charge in [-0.1, -0.05) is 0 Å². The number of benzene rings is 2. The SMILES string of the molecule is Cc1cc(/C=C/C(=O)c2ccc(OC(=O)C(C)(C)C)cc2)c(OC(C)C)cc1OC(C)C. The molecule has 5 nitrogen and oxygen atoms in total. The van der Waals surface area contributed by atoms with E-state index in [1.54, 1.807) is 51.1 Å². The third-order valence-corrected chi connectivity index (χ3v) is 4.41. The van der Waals surface area contributed by atoms with Crippen molar-refractivity contribution in [3.63, 3.8) is 0 Å². The molecule has 2 rings (SSSR count). The number of esters is 1. The molecule has 0 spiro atoms. The Bertz CT molecular complexity index is 976. The van der Waals surface area contributed by atoms with Gasteiger partial charge in [0.25, 0.3) is 0 Å². The minimum Gasteiger partial charge on any atom is -0.491 e. The van der Waals surface area contributed by atoms with E-state index in [-0.39, 0.29) is 24.0 Å². The number of rotatable bonds is 8. The lowest BCUT2D eigenvalue weighted by Gasteiger charge is -2.18. The lowest BCUT2D eigenvalue weighted by molar-refractivity contribution is -0.143. The molecule has 0 radical (unpaired) electrons. The van der Waals surface area contributed by atoms with E-state index < -0.39 is 5.41 Å². The van der Waals surface area contributed by atoms with Crippen LogP contribution < -0.4 is 14.2 Å². The highest BCUT2D eigenvalue weighted by Gasteiger charge is 2.23. The molecule has 172 valence electrons. The molecule has 0 aliphatic rings. The summed E-state index contributed by atoms with van der Waals surface area (Å²) in [7, 11) is 0. The van der Waals surface area contributed by atoms with Crippen LogP contribution in [0.3, 0.4) is 0 Å². The van der Waals surface area contributed by atoms with Gasteiger partial charge in [0, 0.05) is 17.2 Å². The van der Waals surface area contributed by atoms with Crippen LogP contribution >= 0.6 is 0 Å². The van der Waals surface area contributed by atoms with Crippen molar-refractivity contribution in [1.29, 1.82) is 0 Å². The number of ketones is 1. The Morgan fingerprint density at radius 3 is 1.97 bits per heavy atom. The number of carbonyl (C=O) groups is 2. The minimum absolute atomic E-state index is 0.0178. The molecule has 0 heterocycles. The fourth-order valence-corrected chi connectivity index (χ4v) is 2.77. The highest BCUT2D eigenvalue weighted by molar-refractivity contribution is 6.07. The summed E-state index contributed by atoms with van der Waals surface area (Å²) >= 11 is 0. The predicted molar refractivity (Wildman–Crippen MR) is 128 cm³/mol. The molecule has 0 bridgehead atoms. The van der Waals surface area contributed by atoms with Gasteiger partial charge in [0.05, 0.1) is 17.6 Å². The number of ether oxygens (including phenoxy) is 3. The number of hydrogen-bond donors (Lipinski definition) is 0. The van der Waals surface area contributed by atoms with E-state index in [9.17, 15) is 9.59 Å². The third-order valence-electron chi connectivity index (χ3n) is 4.41. The van der Waals surface area contributed by atoms with Gasteiger partial charge in [0.2, 0.25) is 0 Å². The van der Waals surface area contributed by atoms with Crippen molar-refractivity contribution in [3.05, 3.63) is 59.2 Å². The Morgan fingerprint density at radius 1 is 0.875 bits per heavy atom. The Labute approximate surface area is 191 Å². The number of allylic oxidation sites excluding steroid dienone is 1. The quantitative estimate of drug-likeness (QED) is 0.206. The van der Waals surface area contributed by atoms with E-state index in [2.05, 4.69) is 0 Å². The minimum atomic E-state index is -0.596. The topological polar surface area (TPSA) is 61.8 Å². The summed E-state index contributed by atoms with van der Waals surface area (Å²) in [6.07, 6.45) is 3.30. The Kier molecular flexibility index (Phi) is 8.25. The molecule has 0 saturated carbocycles. The summed E-state index contributed by atoms with van der Waals surface area (Å²) in [5.74, 6) is 1.35. The van der Waals surface area contributed by atoms with Gasteiger partial charge in [-0.05, 0) is 103 Å². The Hall–Kier alpha value is -3.08. The monoisotopic (exact) mass is 438 g/mol. The molecule has 0 aliphatic heterocycles. The first-order valence-corrected chi connectivity index (χ1v) is 10.9. The average Bonchev–Trinajstić information content (AvgIpc) is 2.68. The van der Waals surface area contributed by atoms with Crippen LogP contribution in [0, 0.1) is 12.3 Å². The van der Waals surface area contributed by atoms with Crippen LogP contribution in [0.2, 0.25) is 0 Å². The molecule has 0 unspecified atom stereocenters. The normalized spacial score (nSPS) is 11.8. The second kappa shape index (κ2) is 10.5. The number of carbonyl (C=O) groups excluding carboxylic acids is 2. The predicted octanol–water partition coefficient (Wildman–Crippen LogP) is 6.42. The van der Waals surface area contributed by atoms with Crippen molar-refractivity contribution in [2.24, 2.45) is 5.41 Å². The van der Waals surface area contributed by atoms with Gasteiger partial charge >= 0.3 is 5.97 Å². The highest BCUT2D eigenvalue weighted by atomic mass is 16.5. The van der Waals surface area contributed by atoms with Crippen LogP contribution in [0.5, 0.6) is 17.2 Å². The molecule has 0 aliphatic carbocycles. The van der Waals surface area contributed by atoms with E-state index in [0.717, 1.165) is 16.9 Å². The second-order valence-electron chi connectivity index (χ2n) is 9.35. The summed E-state index contributed by atoms with van der Waals surface area (Å²) in [5.41, 5.74) is 1.67. The Morgan fingerprint density at radius 2 is 1.44 bits per heavy atom. The van der Waals surface area contributed by atoms with E-state index in [4.69, 9.17) is 14.2 Å². The summed E-state index contributed by atoms with van der Waals surface area (Å²) in [6, 6.07) is 10.4. The molecular formula is C27H34O5. The van der Waals surface area contributed by atoms with E-state index in [1.807, 2.05) is 46.8 Å². The van der Waals surface area contributed by atoms with E-state index in [0.29, 0.717) is 17.1 Å². The molecular weight excluding hydrogens is 404 g/mol. The molecule has 0 fully saturated rings. The molecule has 0 atom stereocenters. The van der Waals surface area contributed by atoms with Gasteiger partial charge < -0.3 is 14.2 Å². The van der Waals surface area contributed by atoms with Gasteiger partial charge in [-0.3, -0.25) is 9.59 Å². The molecule has 0 amide bonds. The molecule has 2 aromatic carbocycles. The van der Waals surface area contributed by atoms with E-state index in [1.165, 1.54) is 6.08 Å². The molecule has 5 heteroatoms. The van der Waals surface area contributed by atoms with Crippen molar-refractivity contribution in [2.45, 2.75) is 67.6 Å². The van der Waals surface area contributed by atoms with Gasteiger partial charge in [0.1, 0.15) is 17.2 Å². The first kappa shape index (κ1) is 25.2. The smallest absolute Gasteiger partial charge is 0.316 e. The summed E-state index contributed by atoms with van der Waals surface area (Å²) in [6.45, 7) is 15.2. The van der Waals surface area contributed by atoms with Gasteiger partial charge in [-0.25, -0.2) is 0 Å². The second-order valence-corrected chi connectivity index (χ2v) is 9.35. The maximum atomic E-state index is 12.7. The lowest BCUT2D eigenvalue weighted by Crippen LogP contribution is -2.25. The maximum absolute atomic E-state index is 12.7. The van der Waals surface area contributed by atoms with Crippen molar-refractivity contribution < 1.29 is 23.8 Å². The van der Waals surface area contributed by atoms with E-state index >= 15 is 0 Å². The number of aryl methyl sites for hydroxylation is 1. The van der Waals surface area contributed by atoms with Gasteiger partial charge in [-0.2, -0.15) is 0 Å². The maximum Gasteiger partial charge on any atom is 0.316 e. The van der Waals surface area contributed by atoms with Gasteiger partial charge in [-0.15, -0.1) is 0 Å². The molecule has 2 aromatic rings. The molecule has 0 saturated heterocycles. The summed E-state index contributed by atoms with van der Waals surface area (Å²) in [5, 5.41) is 0. The number of hydrogen-bond acceptors (Lipinski definition) is 5. The van der Waals surface area contributed by atoms with Crippen LogP contribution in [-0.2, 0) is 4.79 Å². The summed E-state index contributed by atoms with van der Waals surface area (Å²) in [4.78, 5) is 24.7. The van der Waals surface area contributed by atoms with Crippen molar-refractivity contribution >= 4 is 17.8 Å². The fraction of sp³-hybridized carbons (Fsp3) is 0.407. The van der Waals surface area contributed by atoms with Crippen molar-refractivity contribution in [1.82, 2.24) is 0 Å². The molecule has 0 aromatic heterocycles. The lowest BCUT2D eigenvalue weighted by atomic mass is 9.97. The van der Waals surface area contributed by atoms with Crippen LogP contribution in [0.4, 0.5) is 0 Å². The molecule has 0 N–H and O–H groups in total. The highest BCUT2D eigenvalue weighted by Crippen LogP contribution is 2.31. The van der Waals surface area contributed by atoms with Crippen LogP contribution in [0.1, 0.15) is 70.0 Å². The Balaban J connectivity index is 2.22. The summed E-state index contributed by atoms with van der Waals surface area (Å²) < 4.78 is 17.2. The van der Waals surface area contributed by atoms with Crippen LogP contribution in [-0.4, -0.2) is 24.0 Å². The standard InChI is InChI=1S/C27H34O5/c1-17(2)30-24-16-25(31-18(3)4)21(15-19(24)5)11-14-23(28)20-9-12-22(13-10-20)32-26(29)27(6,7)8/h9-18H,1-8H3/b14-11+. The molecule has 32 heavy (non-hydrogen) atoms. The zero-order chi connectivity index (χ0) is 24.1. The van der Waals surface area contributed by atoms with Crippen molar-refractivity contribution in [2.75, 3.05) is 0 Å². The van der Waals surface area contributed by atoms with Crippen LogP contribution in [0.15, 0.2) is 42.5 Å². The zero-order valence-corrected chi connectivity index (χ0v) is 20.3. The third kappa shape index (κ3) is 7.26. The first-order valence-electron chi connectivity index (χ1n) is 10.9. The largest absolute Gasteiger partial charge is 0.491 e. The van der Waals surface area contributed by atoms with Crippen molar-refractivity contribution in [3.8, 4) is 17.2 Å². The van der Waals surface area contributed by atoms with Crippen LogP contribution in [0.25, 0.3) is 6.08 Å². The zero-order valence-electron chi connectivity index (χ0n) is 20.3. The fourth-order valence-electron chi connectivity index (χ4n) is 2.77. The average molecular weight is 439 g/mol. The first-order chi connectivity index (χ1) is 14.9. The van der Waals surface area contributed by atoms with Gasteiger partial charge in [0.15, 0.2) is 5.78 Å².